The Labute approximate surface area is 176 Å². The van der Waals surface area contributed by atoms with Crippen LogP contribution in [0.3, 0.4) is 0 Å². The molecule has 2 heterocycles. The molecule has 1 N–H and O–H groups in total. The van der Waals surface area contributed by atoms with Gasteiger partial charge in [0.1, 0.15) is 5.82 Å². The molecule has 6 nitrogen and oxygen atoms in total. The summed E-state index contributed by atoms with van der Waals surface area (Å²) in [4.78, 5) is 15.0. The Balaban J connectivity index is 1.57. The number of sulfonamides is 1. The molecule has 2 aromatic rings. The number of halogens is 1. The van der Waals surface area contributed by atoms with Crippen LogP contribution in [0.25, 0.3) is 0 Å². The van der Waals surface area contributed by atoms with Crippen LogP contribution in [0.2, 0.25) is 0 Å². The van der Waals surface area contributed by atoms with Gasteiger partial charge in [-0.2, -0.15) is 4.31 Å². The molecule has 1 spiro atoms. The Kier molecular flexibility index (Phi) is 5.42. The predicted molar refractivity (Wildman–Crippen MR) is 111 cm³/mol. The van der Waals surface area contributed by atoms with Crippen LogP contribution in [-0.2, 0) is 14.8 Å². The van der Waals surface area contributed by atoms with Gasteiger partial charge in [0, 0.05) is 13.1 Å². The summed E-state index contributed by atoms with van der Waals surface area (Å²) in [6, 6.07) is 14.3. The van der Waals surface area contributed by atoms with E-state index in [1.165, 1.54) is 16.4 Å². The second-order valence-corrected chi connectivity index (χ2v) is 9.99. The number of rotatable bonds is 4. The van der Waals surface area contributed by atoms with E-state index in [-0.39, 0.29) is 36.0 Å². The van der Waals surface area contributed by atoms with Crippen LogP contribution in [0.15, 0.2) is 59.5 Å². The van der Waals surface area contributed by atoms with Crippen molar-refractivity contribution in [1.29, 1.82) is 0 Å². The molecule has 0 aliphatic carbocycles. The van der Waals surface area contributed by atoms with E-state index in [2.05, 4.69) is 5.32 Å². The average molecular weight is 432 g/mol. The minimum absolute atomic E-state index is 0.0289. The highest BCUT2D eigenvalue weighted by Crippen LogP contribution is 2.39. The van der Waals surface area contributed by atoms with Crippen molar-refractivity contribution in [2.45, 2.75) is 49.3 Å². The standard InChI is InChI=1S/C22H26FN3O3S/c1-16-21(27)26(17(2)18-6-4-3-5-7-18)22(24-16)12-14-25(15-13-22)30(28,29)20-10-8-19(23)9-11-20/h3-11,16-17,24H,12-15H2,1-2H3. The Bertz CT molecular complexity index is 1020. The van der Waals surface area contributed by atoms with E-state index in [0.717, 1.165) is 17.7 Å². The number of carbonyl (C=O) groups excluding carboxylic acids is 1. The molecule has 2 atom stereocenters. The van der Waals surface area contributed by atoms with Crippen molar-refractivity contribution in [3.8, 4) is 0 Å². The molecular weight excluding hydrogens is 405 g/mol. The molecule has 0 bridgehead atoms. The molecule has 0 radical (unpaired) electrons. The van der Waals surface area contributed by atoms with Gasteiger partial charge in [0.15, 0.2) is 0 Å². The first kappa shape index (κ1) is 21.0. The monoisotopic (exact) mass is 431 g/mol. The number of benzene rings is 2. The van der Waals surface area contributed by atoms with Crippen LogP contribution in [-0.4, -0.2) is 48.3 Å². The smallest absolute Gasteiger partial charge is 0.243 e. The van der Waals surface area contributed by atoms with E-state index in [1.54, 1.807) is 0 Å². The summed E-state index contributed by atoms with van der Waals surface area (Å²) in [6.45, 7) is 4.43. The van der Waals surface area contributed by atoms with Crippen molar-refractivity contribution in [3.63, 3.8) is 0 Å². The average Bonchev–Trinajstić information content (AvgIpc) is 2.98. The van der Waals surface area contributed by atoms with Crippen LogP contribution in [0, 0.1) is 5.82 Å². The first-order valence-electron chi connectivity index (χ1n) is 10.2. The van der Waals surface area contributed by atoms with Crippen LogP contribution in [0.5, 0.6) is 0 Å². The molecule has 160 valence electrons. The zero-order valence-electron chi connectivity index (χ0n) is 17.1. The highest BCUT2D eigenvalue weighted by Gasteiger charge is 2.52. The minimum Gasteiger partial charge on any atom is -0.316 e. The maximum absolute atomic E-state index is 13.2. The zero-order chi connectivity index (χ0) is 21.5. The van der Waals surface area contributed by atoms with Crippen molar-refractivity contribution >= 4 is 15.9 Å². The second-order valence-electron chi connectivity index (χ2n) is 8.05. The highest BCUT2D eigenvalue weighted by atomic mass is 32.2. The SMILES string of the molecule is CC1NC2(CCN(S(=O)(=O)c3ccc(F)cc3)CC2)N(C(C)c2ccccc2)C1=O. The van der Waals surface area contributed by atoms with Crippen LogP contribution in [0.4, 0.5) is 4.39 Å². The van der Waals surface area contributed by atoms with Crippen LogP contribution < -0.4 is 5.32 Å². The Morgan fingerprint density at radius 1 is 1.07 bits per heavy atom. The Morgan fingerprint density at radius 3 is 2.27 bits per heavy atom. The lowest BCUT2D eigenvalue weighted by Gasteiger charge is -2.46. The fourth-order valence-corrected chi connectivity index (χ4v) is 6.07. The van der Waals surface area contributed by atoms with Gasteiger partial charge in [-0.15, -0.1) is 0 Å². The molecule has 8 heteroatoms. The lowest BCUT2D eigenvalue weighted by Crippen LogP contribution is -2.59. The molecule has 2 aliphatic rings. The van der Waals surface area contributed by atoms with E-state index in [1.807, 2.05) is 49.1 Å². The maximum atomic E-state index is 13.2. The van der Waals surface area contributed by atoms with Gasteiger partial charge in [0.2, 0.25) is 15.9 Å². The fourth-order valence-electron chi connectivity index (χ4n) is 4.63. The van der Waals surface area contributed by atoms with Gasteiger partial charge in [0.25, 0.3) is 0 Å². The predicted octanol–water partition coefficient (Wildman–Crippen LogP) is 2.89. The van der Waals surface area contributed by atoms with E-state index < -0.39 is 21.5 Å². The number of carbonyl (C=O) groups is 1. The summed E-state index contributed by atoms with van der Waals surface area (Å²) in [5, 5.41) is 3.44. The van der Waals surface area contributed by atoms with Crippen molar-refractivity contribution in [3.05, 3.63) is 66.0 Å². The molecule has 2 unspecified atom stereocenters. The van der Waals surface area contributed by atoms with E-state index in [0.29, 0.717) is 12.8 Å². The molecule has 30 heavy (non-hydrogen) atoms. The Hall–Kier alpha value is -2.29. The third-order valence-corrected chi connectivity index (χ3v) is 8.14. The van der Waals surface area contributed by atoms with Crippen molar-refractivity contribution in [2.24, 2.45) is 0 Å². The third kappa shape index (κ3) is 3.53. The van der Waals surface area contributed by atoms with Gasteiger partial charge in [0.05, 0.1) is 22.6 Å². The third-order valence-electron chi connectivity index (χ3n) is 6.22. The number of hydrogen-bond acceptors (Lipinski definition) is 4. The molecular formula is C22H26FN3O3S. The number of hydrogen-bond donors (Lipinski definition) is 1. The number of nitrogens with one attached hydrogen (secondary N) is 1. The van der Waals surface area contributed by atoms with E-state index in [9.17, 15) is 17.6 Å². The van der Waals surface area contributed by atoms with Crippen LogP contribution >= 0.6 is 0 Å². The summed E-state index contributed by atoms with van der Waals surface area (Å²) < 4.78 is 40.6. The summed E-state index contributed by atoms with van der Waals surface area (Å²) in [5.74, 6) is -0.444. The summed E-state index contributed by atoms with van der Waals surface area (Å²) in [7, 11) is -3.71. The molecule has 0 saturated carbocycles. The molecule has 2 aromatic carbocycles. The fraction of sp³-hybridized carbons (Fsp3) is 0.409. The van der Waals surface area contributed by atoms with Gasteiger partial charge in [-0.3, -0.25) is 10.1 Å². The van der Waals surface area contributed by atoms with Crippen molar-refractivity contribution in [1.82, 2.24) is 14.5 Å². The molecule has 4 rings (SSSR count). The normalized spacial score (nSPS) is 23.1. The number of piperidine rings is 1. The van der Waals surface area contributed by atoms with Gasteiger partial charge in [-0.05, 0) is 56.5 Å². The summed E-state index contributed by atoms with van der Waals surface area (Å²) in [6.07, 6.45) is 0.974. The topological polar surface area (TPSA) is 69.7 Å². The largest absolute Gasteiger partial charge is 0.316 e. The van der Waals surface area contributed by atoms with Crippen LogP contribution in [0.1, 0.15) is 38.3 Å². The lowest BCUT2D eigenvalue weighted by molar-refractivity contribution is -0.136. The van der Waals surface area contributed by atoms with E-state index in [4.69, 9.17) is 0 Å². The van der Waals surface area contributed by atoms with Crippen molar-refractivity contribution in [2.75, 3.05) is 13.1 Å². The molecule has 2 fully saturated rings. The zero-order valence-corrected chi connectivity index (χ0v) is 17.9. The van der Waals surface area contributed by atoms with Gasteiger partial charge >= 0.3 is 0 Å². The van der Waals surface area contributed by atoms with Gasteiger partial charge in [-0.25, -0.2) is 12.8 Å². The highest BCUT2D eigenvalue weighted by molar-refractivity contribution is 7.89. The summed E-state index contributed by atoms with van der Waals surface area (Å²) >= 11 is 0. The quantitative estimate of drug-likeness (QED) is 0.808. The molecule has 2 saturated heterocycles. The maximum Gasteiger partial charge on any atom is 0.243 e. The minimum atomic E-state index is -3.71. The number of amides is 1. The summed E-state index contributed by atoms with van der Waals surface area (Å²) in [5.41, 5.74) is 0.461. The molecule has 1 amide bonds. The lowest BCUT2D eigenvalue weighted by atomic mass is 9.94. The number of nitrogens with zero attached hydrogens (tertiary/aromatic N) is 2. The first-order valence-corrected chi connectivity index (χ1v) is 11.6. The molecule has 2 aliphatic heterocycles. The van der Waals surface area contributed by atoms with Crippen molar-refractivity contribution < 1.29 is 17.6 Å². The van der Waals surface area contributed by atoms with Gasteiger partial charge < -0.3 is 4.90 Å². The first-order chi connectivity index (χ1) is 14.2. The molecule has 0 aromatic heterocycles. The Morgan fingerprint density at radius 2 is 1.67 bits per heavy atom. The van der Waals surface area contributed by atoms with Gasteiger partial charge in [-0.1, -0.05) is 30.3 Å². The van der Waals surface area contributed by atoms with E-state index >= 15 is 0 Å². The second kappa shape index (κ2) is 7.76.